The number of carbonyl (C=O) groups is 1. The molecule has 4 heterocycles. The van der Waals surface area contributed by atoms with Crippen LogP contribution in [-0.2, 0) is 11.2 Å². The third-order valence-electron chi connectivity index (χ3n) is 7.81. The van der Waals surface area contributed by atoms with Gasteiger partial charge in [0, 0.05) is 56.3 Å². The number of fused-ring (bicyclic) bond motifs is 1. The van der Waals surface area contributed by atoms with Crippen molar-refractivity contribution >= 4 is 33.3 Å². The van der Waals surface area contributed by atoms with Gasteiger partial charge in [0.1, 0.15) is 10.6 Å². The van der Waals surface area contributed by atoms with Crippen LogP contribution in [0.25, 0.3) is 21.3 Å². The maximum atomic E-state index is 13.3. The first-order valence-electron chi connectivity index (χ1n) is 14.6. The summed E-state index contributed by atoms with van der Waals surface area (Å²) in [5.41, 5.74) is 2.98. The summed E-state index contributed by atoms with van der Waals surface area (Å²) in [5, 5.41) is 1.07. The summed E-state index contributed by atoms with van der Waals surface area (Å²) >= 11 is 1.71. The van der Waals surface area contributed by atoms with Gasteiger partial charge in [-0.2, -0.15) is 9.97 Å². The lowest BCUT2D eigenvalue weighted by Gasteiger charge is -2.35. The number of aromatic nitrogens is 2. The highest BCUT2D eigenvalue weighted by Gasteiger charge is 2.25. The van der Waals surface area contributed by atoms with E-state index < -0.39 is 0 Å². The lowest BCUT2D eigenvalue weighted by atomic mass is 10.0. The van der Waals surface area contributed by atoms with Crippen molar-refractivity contribution in [1.29, 1.82) is 0 Å². The van der Waals surface area contributed by atoms with Gasteiger partial charge < -0.3 is 19.3 Å². The molecule has 2 fully saturated rings. The molecule has 0 N–H and O–H groups in total. The molecule has 41 heavy (non-hydrogen) atoms. The molecule has 1 amide bonds. The van der Waals surface area contributed by atoms with Crippen molar-refractivity contribution in [2.24, 2.45) is 0 Å². The van der Waals surface area contributed by atoms with Gasteiger partial charge in [-0.15, -0.1) is 11.3 Å². The maximum absolute atomic E-state index is 13.3. The van der Waals surface area contributed by atoms with Crippen molar-refractivity contribution < 1.29 is 14.3 Å². The average molecular weight is 572 g/mol. The van der Waals surface area contributed by atoms with E-state index in [4.69, 9.17) is 19.4 Å². The molecule has 0 atom stereocenters. The van der Waals surface area contributed by atoms with Gasteiger partial charge >= 0.3 is 6.01 Å². The number of carbonyl (C=O) groups excluding carboxylic acids is 1. The van der Waals surface area contributed by atoms with Crippen LogP contribution < -0.4 is 9.64 Å². The highest BCUT2D eigenvalue weighted by molar-refractivity contribution is 7.18. The molecule has 0 bridgehead atoms. The van der Waals surface area contributed by atoms with Crippen LogP contribution in [0.1, 0.15) is 28.6 Å². The van der Waals surface area contributed by atoms with E-state index in [0.29, 0.717) is 38.8 Å². The Morgan fingerprint density at radius 2 is 1.66 bits per heavy atom. The fourth-order valence-electron chi connectivity index (χ4n) is 5.43. The number of ether oxygens (including phenoxy) is 2. The zero-order chi connectivity index (χ0) is 28.0. The first-order chi connectivity index (χ1) is 20.2. The van der Waals surface area contributed by atoms with E-state index in [-0.39, 0.29) is 5.91 Å². The Morgan fingerprint density at radius 3 is 2.39 bits per heavy atom. The maximum Gasteiger partial charge on any atom is 0.319 e. The van der Waals surface area contributed by atoms with E-state index in [0.717, 1.165) is 78.4 Å². The summed E-state index contributed by atoms with van der Waals surface area (Å²) in [5.74, 6) is 0.985. The SMILES string of the molecule is CCc1cc2c(N3CCN(C(=O)c4ccc(-c5ccccc5)cc4)CC3)nc(OCCCN3CCOCC3)nc2s1. The highest BCUT2D eigenvalue weighted by atomic mass is 32.1. The second-order valence-electron chi connectivity index (χ2n) is 10.5. The number of rotatable bonds is 9. The molecule has 0 unspecified atom stereocenters. The van der Waals surface area contributed by atoms with Crippen LogP contribution >= 0.6 is 11.3 Å². The van der Waals surface area contributed by atoms with Crippen molar-refractivity contribution in [3.8, 4) is 17.1 Å². The van der Waals surface area contributed by atoms with Crippen LogP contribution in [0.2, 0.25) is 0 Å². The third-order valence-corrected chi connectivity index (χ3v) is 8.98. The standard InChI is InChI=1S/C32H37N5O3S/c1-2-27-23-28-29(33-32(34-30(28)41-27)40-20-6-13-35-18-21-39-22-19-35)36-14-16-37(17-15-36)31(38)26-11-9-25(10-12-26)24-7-4-3-5-8-24/h3-5,7-12,23H,2,6,13-22H2,1H3. The van der Waals surface area contributed by atoms with Crippen LogP contribution in [0.3, 0.4) is 0 Å². The first-order valence-corrected chi connectivity index (χ1v) is 15.4. The summed E-state index contributed by atoms with van der Waals surface area (Å²) < 4.78 is 11.5. The van der Waals surface area contributed by atoms with Gasteiger partial charge in [0.05, 0.1) is 25.2 Å². The number of piperazine rings is 1. The molecule has 2 aliphatic rings. The lowest BCUT2D eigenvalue weighted by molar-refractivity contribution is 0.0356. The number of thiophene rings is 1. The molecule has 6 rings (SSSR count). The fraction of sp³-hybridized carbons (Fsp3) is 0.406. The smallest absolute Gasteiger partial charge is 0.319 e. The van der Waals surface area contributed by atoms with Crippen LogP contribution in [0, 0.1) is 0 Å². The van der Waals surface area contributed by atoms with Gasteiger partial charge in [-0.3, -0.25) is 9.69 Å². The topological polar surface area (TPSA) is 71.0 Å². The van der Waals surface area contributed by atoms with Crippen LogP contribution in [0.15, 0.2) is 60.7 Å². The lowest BCUT2D eigenvalue weighted by Crippen LogP contribution is -2.49. The molecule has 0 spiro atoms. The Morgan fingerprint density at radius 1 is 0.927 bits per heavy atom. The van der Waals surface area contributed by atoms with Crippen molar-refractivity contribution in [3.05, 3.63) is 71.1 Å². The Hall–Kier alpha value is -3.53. The van der Waals surface area contributed by atoms with E-state index >= 15 is 0 Å². The number of benzene rings is 2. The molecule has 0 radical (unpaired) electrons. The summed E-state index contributed by atoms with van der Waals surface area (Å²) in [6.07, 6.45) is 1.88. The number of hydrogen-bond acceptors (Lipinski definition) is 8. The molecule has 2 saturated heterocycles. The Labute approximate surface area is 245 Å². The Bertz CT molecular complexity index is 1450. The van der Waals surface area contributed by atoms with Crippen LogP contribution in [0.4, 0.5) is 5.82 Å². The zero-order valence-electron chi connectivity index (χ0n) is 23.6. The van der Waals surface area contributed by atoms with Gasteiger partial charge in [-0.25, -0.2) is 0 Å². The summed E-state index contributed by atoms with van der Waals surface area (Å²) in [4.78, 5) is 31.8. The van der Waals surface area contributed by atoms with Gasteiger partial charge in [0.25, 0.3) is 5.91 Å². The Kier molecular flexibility index (Phi) is 8.74. The predicted octanol–water partition coefficient (Wildman–Crippen LogP) is 4.98. The molecule has 2 aliphatic heterocycles. The Balaban J connectivity index is 1.10. The van der Waals surface area contributed by atoms with Gasteiger partial charge in [0.2, 0.25) is 0 Å². The van der Waals surface area contributed by atoms with Crippen molar-refractivity contribution in [2.45, 2.75) is 19.8 Å². The minimum absolute atomic E-state index is 0.0742. The number of aryl methyl sites for hydroxylation is 1. The fourth-order valence-corrected chi connectivity index (χ4v) is 6.39. The van der Waals surface area contributed by atoms with E-state index in [1.807, 2.05) is 47.4 Å². The molecule has 2 aromatic heterocycles. The van der Waals surface area contributed by atoms with Crippen LogP contribution in [-0.4, -0.2) is 91.3 Å². The predicted molar refractivity (Wildman–Crippen MR) is 164 cm³/mol. The second-order valence-corrected chi connectivity index (χ2v) is 11.6. The molecular formula is C32H37N5O3S. The van der Waals surface area contributed by atoms with Crippen molar-refractivity contribution in [1.82, 2.24) is 19.8 Å². The minimum Gasteiger partial charge on any atom is -0.463 e. The molecule has 0 saturated carbocycles. The number of hydrogen-bond donors (Lipinski definition) is 0. The monoisotopic (exact) mass is 571 g/mol. The molecular weight excluding hydrogens is 534 g/mol. The van der Waals surface area contributed by atoms with E-state index in [1.54, 1.807) is 11.3 Å². The zero-order valence-corrected chi connectivity index (χ0v) is 24.4. The molecule has 9 heteroatoms. The van der Waals surface area contributed by atoms with E-state index in [9.17, 15) is 4.79 Å². The van der Waals surface area contributed by atoms with Crippen molar-refractivity contribution in [2.75, 3.05) is 70.5 Å². The summed E-state index contributed by atoms with van der Waals surface area (Å²) in [6.45, 7) is 10.0. The number of amides is 1. The minimum atomic E-state index is 0.0742. The average Bonchev–Trinajstić information content (AvgIpc) is 3.47. The molecule has 214 valence electrons. The number of nitrogens with zero attached hydrogens (tertiary/aromatic N) is 5. The van der Waals surface area contributed by atoms with Crippen LogP contribution in [0.5, 0.6) is 6.01 Å². The normalized spacial score (nSPS) is 16.3. The third kappa shape index (κ3) is 6.53. The van der Waals surface area contributed by atoms with Gasteiger partial charge in [-0.1, -0.05) is 49.4 Å². The molecule has 2 aromatic carbocycles. The largest absolute Gasteiger partial charge is 0.463 e. The summed E-state index contributed by atoms with van der Waals surface area (Å²) in [6, 6.07) is 20.8. The molecule has 0 aliphatic carbocycles. The highest BCUT2D eigenvalue weighted by Crippen LogP contribution is 2.33. The molecule has 4 aromatic rings. The first kappa shape index (κ1) is 27.6. The molecule has 8 nitrogen and oxygen atoms in total. The van der Waals surface area contributed by atoms with Gasteiger partial charge in [0.15, 0.2) is 0 Å². The van der Waals surface area contributed by atoms with Gasteiger partial charge in [-0.05, 0) is 42.2 Å². The van der Waals surface area contributed by atoms with E-state index in [2.05, 4.69) is 34.9 Å². The summed E-state index contributed by atoms with van der Waals surface area (Å²) in [7, 11) is 0. The van der Waals surface area contributed by atoms with Crippen molar-refractivity contribution in [3.63, 3.8) is 0 Å². The quantitative estimate of drug-likeness (QED) is 0.262. The number of morpholine rings is 1. The number of anilines is 1. The van der Waals surface area contributed by atoms with E-state index in [1.165, 1.54) is 4.88 Å². The second kappa shape index (κ2) is 13.0.